The molecule has 0 aromatic heterocycles. The van der Waals surface area contributed by atoms with Gasteiger partial charge in [0.2, 0.25) is 0 Å². The second kappa shape index (κ2) is 7.27. The molecule has 0 spiro atoms. The Kier molecular flexibility index (Phi) is 5.01. The summed E-state index contributed by atoms with van der Waals surface area (Å²) in [5.74, 6) is 2.81. The van der Waals surface area contributed by atoms with Crippen LogP contribution in [0.3, 0.4) is 0 Å². The number of hydrogen-bond donors (Lipinski definition) is 3. The van der Waals surface area contributed by atoms with Gasteiger partial charge in [0.05, 0.1) is 25.3 Å². The minimum absolute atomic E-state index is 0.0153. The molecule has 4 fully saturated rings. The zero-order valence-electron chi connectivity index (χ0n) is 20.1. The van der Waals surface area contributed by atoms with E-state index in [-0.39, 0.29) is 40.1 Å². The molecule has 13 atom stereocenters. The Labute approximate surface area is 193 Å². The molecule has 5 nitrogen and oxygen atoms in total. The maximum atomic E-state index is 14.2. The summed E-state index contributed by atoms with van der Waals surface area (Å²) in [6, 6.07) is -0.142. The van der Waals surface area contributed by atoms with Crippen molar-refractivity contribution in [3.8, 4) is 0 Å². The van der Waals surface area contributed by atoms with Crippen LogP contribution >= 0.6 is 0 Å². The molecule has 0 unspecified atom stereocenters. The molecule has 180 valence electrons. The molecule has 3 N–H and O–H groups in total. The van der Waals surface area contributed by atoms with Crippen molar-refractivity contribution in [2.75, 3.05) is 13.1 Å². The first-order valence-electron chi connectivity index (χ1n) is 13.5. The van der Waals surface area contributed by atoms with E-state index in [1.165, 1.54) is 12.0 Å². The van der Waals surface area contributed by atoms with Gasteiger partial charge in [-0.25, -0.2) is 0 Å². The number of aliphatic hydroxyl groups is 3. The Bertz CT molecular complexity index is 813. The number of allylic oxidation sites excluding steroid dienone is 1. The van der Waals surface area contributed by atoms with E-state index in [0.29, 0.717) is 42.7 Å². The summed E-state index contributed by atoms with van der Waals surface area (Å²) in [5.41, 5.74) is 3.16. The third-order valence-electron chi connectivity index (χ3n) is 11.6. The summed E-state index contributed by atoms with van der Waals surface area (Å²) in [6.45, 7) is 8.10. The second-order valence-electron chi connectivity index (χ2n) is 13.2. The molecule has 4 aliphatic carbocycles. The van der Waals surface area contributed by atoms with Gasteiger partial charge in [-0.2, -0.15) is 0 Å². The molecule has 2 heterocycles. The van der Waals surface area contributed by atoms with Crippen molar-refractivity contribution in [1.82, 2.24) is 0 Å². The first-order valence-corrected chi connectivity index (χ1v) is 13.5. The van der Waals surface area contributed by atoms with E-state index >= 15 is 0 Å². The van der Waals surface area contributed by atoms with Crippen LogP contribution in [0.25, 0.3) is 0 Å². The van der Waals surface area contributed by atoms with Gasteiger partial charge in [0.25, 0.3) is 0 Å². The summed E-state index contributed by atoms with van der Waals surface area (Å²) in [4.78, 5) is 0. The van der Waals surface area contributed by atoms with Crippen molar-refractivity contribution in [2.24, 2.45) is 46.8 Å². The van der Waals surface area contributed by atoms with Gasteiger partial charge in [0.15, 0.2) is 0 Å². The summed E-state index contributed by atoms with van der Waals surface area (Å²) in [6.07, 6.45) is 6.49. The van der Waals surface area contributed by atoms with Crippen LogP contribution < -0.4 is 0 Å². The highest BCUT2D eigenvalue weighted by atomic mass is 16.6. The predicted molar refractivity (Wildman–Crippen MR) is 123 cm³/mol. The van der Waals surface area contributed by atoms with Crippen LogP contribution in [0, 0.1) is 52.0 Å². The van der Waals surface area contributed by atoms with Gasteiger partial charge < -0.3 is 25.2 Å². The van der Waals surface area contributed by atoms with Gasteiger partial charge in [-0.05, 0) is 80.5 Å². The number of fused-ring (bicyclic) bond motifs is 7. The van der Waals surface area contributed by atoms with Crippen molar-refractivity contribution in [3.63, 3.8) is 0 Å². The first-order chi connectivity index (χ1) is 15.1. The molecule has 6 aliphatic rings. The Hall–Kier alpha value is -0.460. The lowest BCUT2D eigenvalue weighted by Crippen LogP contribution is -2.71. The highest BCUT2D eigenvalue weighted by molar-refractivity contribution is 5.36. The quantitative estimate of drug-likeness (QED) is 0.302. The summed E-state index contributed by atoms with van der Waals surface area (Å²) in [7, 11) is 0. The molecule has 2 aliphatic heterocycles. The van der Waals surface area contributed by atoms with Gasteiger partial charge in [-0.3, -0.25) is 0 Å². The molecule has 32 heavy (non-hydrogen) atoms. The fraction of sp³-hybridized carbons (Fsp3) is 0.926. The highest BCUT2D eigenvalue weighted by Gasteiger charge is 2.61. The molecule has 0 amide bonds. The average molecular weight is 446 g/mol. The molecule has 2 saturated heterocycles. The fourth-order valence-corrected chi connectivity index (χ4v) is 10.4. The third-order valence-corrected chi connectivity index (χ3v) is 11.6. The third kappa shape index (κ3) is 2.94. The first kappa shape index (κ1) is 22.0. The van der Waals surface area contributed by atoms with E-state index in [0.717, 1.165) is 44.9 Å². The normalized spacial score (nSPS) is 59.5. The lowest BCUT2D eigenvalue weighted by molar-refractivity contribution is -0.933. The van der Waals surface area contributed by atoms with Crippen LogP contribution in [0.5, 0.6) is 0 Å². The van der Waals surface area contributed by atoms with Crippen molar-refractivity contribution in [3.05, 3.63) is 16.4 Å². The highest BCUT2D eigenvalue weighted by Crippen LogP contribution is 2.64. The molecule has 0 aromatic rings. The SMILES string of the molecule is C[C@@H]1C[C@@H](O)[C@H]2[C@H](C)[C@@H]3CC[C@H]4C5=C(C[C@H]4[C@@H]3C[N@+]2([O-])C1)[C@@]1(C)CC[C@@H](O)C[C@@H]1[C@H](O)C5. The maximum absolute atomic E-state index is 14.2. The number of nitrogens with zero attached hydrogens (tertiary/aromatic N) is 1. The molecular formula is C27H43NO4. The van der Waals surface area contributed by atoms with Crippen LogP contribution in [0.1, 0.15) is 72.1 Å². The van der Waals surface area contributed by atoms with Crippen molar-refractivity contribution < 1.29 is 20.0 Å². The van der Waals surface area contributed by atoms with Crippen molar-refractivity contribution >= 4 is 0 Å². The van der Waals surface area contributed by atoms with Crippen LogP contribution in [-0.4, -0.2) is 57.4 Å². The number of quaternary nitrogens is 1. The number of piperidine rings is 2. The molecule has 2 saturated carbocycles. The monoisotopic (exact) mass is 445 g/mol. The van der Waals surface area contributed by atoms with E-state index in [2.05, 4.69) is 20.8 Å². The van der Waals surface area contributed by atoms with E-state index in [1.807, 2.05) is 0 Å². The average Bonchev–Trinajstić information content (AvgIpc) is 3.08. The summed E-state index contributed by atoms with van der Waals surface area (Å²) >= 11 is 0. The van der Waals surface area contributed by atoms with Gasteiger partial charge in [0, 0.05) is 17.8 Å². The molecular weight excluding hydrogens is 402 g/mol. The smallest absolute Gasteiger partial charge is 0.118 e. The topological polar surface area (TPSA) is 83.8 Å². The lowest BCUT2D eigenvalue weighted by atomic mass is 9.56. The van der Waals surface area contributed by atoms with Crippen molar-refractivity contribution in [1.29, 1.82) is 0 Å². The van der Waals surface area contributed by atoms with Gasteiger partial charge in [0.1, 0.15) is 12.1 Å². The van der Waals surface area contributed by atoms with E-state index in [1.54, 1.807) is 5.57 Å². The maximum Gasteiger partial charge on any atom is 0.118 e. The number of rotatable bonds is 0. The van der Waals surface area contributed by atoms with E-state index in [4.69, 9.17) is 0 Å². The Balaban J connectivity index is 1.32. The second-order valence-corrected chi connectivity index (χ2v) is 13.2. The van der Waals surface area contributed by atoms with Crippen LogP contribution in [0.4, 0.5) is 0 Å². The molecule has 5 heteroatoms. The van der Waals surface area contributed by atoms with Crippen molar-refractivity contribution in [2.45, 2.75) is 96.5 Å². The molecule has 0 bridgehead atoms. The predicted octanol–water partition coefficient (Wildman–Crippen LogP) is 3.61. The zero-order chi connectivity index (χ0) is 22.6. The van der Waals surface area contributed by atoms with E-state index in [9.17, 15) is 20.5 Å². The minimum Gasteiger partial charge on any atom is -0.633 e. The van der Waals surface area contributed by atoms with Crippen LogP contribution in [0.15, 0.2) is 11.1 Å². The molecule has 0 radical (unpaired) electrons. The number of aliphatic hydroxyl groups excluding tert-OH is 3. The Morgan fingerprint density at radius 1 is 0.906 bits per heavy atom. The summed E-state index contributed by atoms with van der Waals surface area (Å²) < 4.78 is -0.173. The van der Waals surface area contributed by atoms with Gasteiger partial charge >= 0.3 is 0 Å². The Morgan fingerprint density at radius 2 is 1.69 bits per heavy atom. The molecule has 6 rings (SSSR count). The standard InChI is InChI=1S/C27H43NO4/c1-14-8-25(31)26-15(2)17-4-5-18-19(21(17)13-28(26,32)12-14)10-22-20(18)11-24(30)23-9-16(29)6-7-27(22,23)3/h14-19,21,23-26,29-31H,4-13H2,1-3H3/t14-,15-,16-,17+,18-,19-,21-,23-,24-,25-,26-,27-,28-/m1/s1. The summed E-state index contributed by atoms with van der Waals surface area (Å²) in [5, 5.41) is 46.5. The Morgan fingerprint density at radius 3 is 2.47 bits per heavy atom. The fourth-order valence-electron chi connectivity index (χ4n) is 10.4. The number of hydrogen-bond acceptors (Lipinski definition) is 4. The lowest BCUT2D eigenvalue weighted by Gasteiger charge is -2.64. The minimum atomic E-state index is -0.455. The number of hydroxylamine groups is 3. The van der Waals surface area contributed by atoms with Crippen LogP contribution in [-0.2, 0) is 0 Å². The van der Waals surface area contributed by atoms with Crippen LogP contribution in [0.2, 0.25) is 0 Å². The van der Waals surface area contributed by atoms with Gasteiger partial charge in [-0.1, -0.05) is 31.9 Å². The zero-order valence-corrected chi connectivity index (χ0v) is 20.1. The largest absolute Gasteiger partial charge is 0.633 e. The van der Waals surface area contributed by atoms with E-state index < -0.39 is 6.10 Å². The molecule has 0 aromatic carbocycles. The van der Waals surface area contributed by atoms with Gasteiger partial charge in [-0.15, -0.1) is 0 Å².